The molecule has 0 saturated heterocycles. The van der Waals surface area contributed by atoms with Crippen LogP contribution in [0.25, 0.3) is 11.0 Å². The van der Waals surface area contributed by atoms with Crippen LogP contribution in [0, 0.1) is 5.92 Å². The van der Waals surface area contributed by atoms with Gasteiger partial charge in [-0.3, -0.25) is 14.6 Å². The van der Waals surface area contributed by atoms with Gasteiger partial charge in [0.05, 0.1) is 17.2 Å². The van der Waals surface area contributed by atoms with Gasteiger partial charge in [-0.15, -0.1) is 0 Å². The van der Waals surface area contributed by atoms with Crippen LogP contribution in [-0.2, 0) is 4.79 Å². The first kappa shape index (κ1) is 16.6. The van der Waals surface area contributed by atoms with E-state index in [0.29, 0.717) is 22.6 Å². The van der Waals surface area contributed by atoms with E-state index in [0.717, 1.165) is 5.52 Å². The lowest BCUT2D eigenvalue weighted by Gasteiger charge is -2.09. The number of para-hydroxylation sites is 2. The monoisotopic (exact) mass is 334 g/mol. The van der Waals surface area contributed by atoms with Crippen molar-refractivity contribution in [2.45, 2.75) is 13.8 Å². The second-order valence-corrected chi connectivity index (χ2v) is 5.92. The number of benzene rings is 2. The molecule has 2 amide bonds. The Morgan fingerprint density at radius 2 is 1.60 bits per heavy atom. The Morgan fingerprint density at radius 3 is 2.28 bits per heavy atom. The van der Waals surface area contributed by atoms with Crippen LogP contribution in [0.15, 0.2) is 54.7 Å². The number of anilines is 2. The molecule has 0 aliphatic carbocycles. The second-order valence-electron chi connectivity index (χ2n) is 5.92. The lowest BCUT2D eigenvalue weighted by molar-refractivity contribution is -0.118. The van der Waals surface area contributed by atoms with Gasteiger partial charge in [0.2, 0.25) is 5.91 Å². The van der Waals surface area contributed by atoms with Gasteiger partial charge in [0.1, 0.15) is 0 Å². The largest absolute Gasteiger partial charge is 0.326 e. The number of nitrogens with zero attached hydrogens (tertiary/aromatic N) is 2. The molecule has 3 aromatic rings. The summed E-state index contributed by atoms with van der Waals surface area (Å²) in [7, 11) is 0. The zero-order valence-corrected chi connectivity index (χ0v) is 14.0. The smallest absolute Gasteiger partial charge is 0.256 e. The van der Waals surface area contributed by atoms with Crippen molar-refractivity contribution < 1.29 is 9.59 Å². The fourth-order valence-electron chi connectivity index (χ4n) is 2.20. The van der Waals surface area contributed by atoms with E-state index in [2.05, 4.69) is 20.6 Å². The van der Waals surface area contributed by atoms with Crippen molar-refractivity contribution in [3.63, 3.8) is 0 Å². The Balaban J connectivity index is 1.70. The molecule has 0 radical (unpaired) electrons. The maximum absolute atomic E-state index is 12.3. The number of carbonyl (C=O) groups excluding carboxylic acids is 2. The van der Waals surface area contributed by atoms with Crippen molar-refractivity contribution in [2.75, 3.05) is 10.6 Å². The topological polar surface area (TPSA) is 84.0 Å². The first-order valence-electron chi connectivity index (χ1n) is 7.97. The molecule has 25 heavy (non-hydrogen) atoms. The Hall–Kier alpha value is -3.28. The van der Waals surface area contributed by atoms with Crippen molar-refractivity contribution in [3.8, 4) is 0 Å². The van der Waals surface area contributed by atoms with Crippen LogP contribution in [0.4, 0.5) is 11.5 Å². The lowest BCUT2D eigenvalue weighted by atomic mass is 10.1. The third-order valence-electron chi connectivity index (χ3n) is 3.63. The van der Waals surface area contributed by atoms with Gasteiger partial charge in [0, 0.05) is 17.2 Å². The van der Waals surface area contributed by atoms with Gasteiger partial charge in [-0.25, -0.2) is 4.98 Å². The highest BCUT2D eigenvalue weighted by Crippen LogP contribution is 2.14. The average Bonchev–Trinajstić information content (AvgIpc) is 2.62. The van der Waals surface area contributed by atoms with Crippen LogP contribution in [0.5, 0.6) is 0 Å². The van der Waals surface area contributed by atoms with Gasteiger partial charge in [0.15, 0.2) is 5.82 Å². The minimum absolute atomic E-state index is 0.0661. The quantitative estimate of drug-likeness (QED) is 0.765. The number of rotatable bonds is 4. The van der Waals surface area contributed by atoms with E-state index in [1.54, 1.807) is 24.3 Å². The molecule has 6 heteroatoms. The zero-order chi connectivity index (χ0) is 17.8. The summed E-state index contributed by atoms with van der Waals surface area (Å²) in [6.07, 6.45) is 1.53. The van der Waals surface area contributed by atoms with Crippen molar-refractivity contribution in [1.29, 1.82) is 0 Å². The molecule has 0 aliphatic rings. The van der Waals surface area contributed by atoms with E-state index in [1.165, 1.54) is 6.20 Å². The number of carbonyl (C=O) groups is 2. The highest BCUT2D eigenvalue weighted by atomic mass is 16.2. The standard InChI is InChI=1S/C19H18N4O2/c1-12(2)18(24)21-14-9-7-13(8-10-14)19(25)23-17-11-20-15-5-3-4-6-16(15)22-17/h3-12H,1-2H3,(H,21,24)(H,22,23,25). The number of amides is 2. The van der Waals surface area contributed by atoms with Gasteiger partial charge in [-0.1, -0.05) is 26.0 Å². The SMILES string of the molecule is CC(C)C(=O)Nc1ccc(C(=O)Nc2cnc3ccccc3n2)cc1. The molecule has 0 aliphatic heterocycles. The van der Waals surface area contributed by atoms with Gasteiger partial charge < -0.3 is 10.6 Å². The average molecular weight is 334 g/mol. The number of hydrogen-bond acceptors (Lipinski definition) is 4. The molecular weight excluding hydrogens is 316 g/mol. The van der Waals surface area contributed by atoms with Crippen LogP contribution >= 0.6 is 0 Å². The number of hydrogen-bond donors (Lipinski definition) is 2. The fourth-order valence-corrected chi connectivity index (χ4v) is 2.20. The molecule has 1 heterocycles. The molecule has 1 aromatic heterocycles. The summed E-state index contributed by atoms with van der Waals surface area (Å²) < 4.78 is 0. The molecule has 0 spiro atoms. The van der Waals surface area contributed by atoms with E-state index in [9.17, 15) is 9.59 Å². The predicted molar refractivity (Wildman–Crippen MR) is 97.4 cm³/mol. The van der Waals surface area contributed by atoms with Gasteiger partial charge in [-0.05, 0) is 36.4 Å². The van der Waals surface area contributed by atoms with E-state index < -0.39 is 0 Å². The van der Waals surface area contributed by atoms with E-state index in [-0.39, 0.29) is 17.7 Å². The first-order valence-corrected chi connectivity index (χ1v) is 7.97. The van der Waals surface area contributed by atoms with Crippen molar-refractivity contribution >= 4 is 34.4 Å². The molecule has 2 aromatic carbocycles. The van der Waals surface area contributed by atoms with Crippen LogP contribution in [0.1, 0.15) is 24.2 Å². The molecule has 3 rings (SSSR count). The van der Waals surface area contributed by atoms with Crippen molar-refractivity contribution in [2.24, 2.45) is 5.92 Å². The van der Waals surface area contributed by atoms with Crippen LogP contribution in [-0.4, -0.2) is 21.8 Å². The fraction of sp³-hybridized carbons (Fsp3) is 0.158. The van der Waals surface area contributed by atoms with E-state index in [4.69, 9.17) is 0 Å². The molecule has 0 atom stereocenters. The van der Waals surface area contributed by atoms with Crippen LogP contribution in [0.2, 0.25) is 0 Å². The summed E-state index contributed by atoms with van der Waals surface area (Å²) >= 11 is 0. The van der Waals surface area contributed by atoms with Crippen molar-refractivity contribution in [1.82, 2.24) is 9.97 Å². The number of nitrogens with one attached hydrogen (secondary N) is 2. The van der Waals surface area contributed by atoms with Crippen LogP contribution < -0.4 is 10.6 Å². The Kier molecular flexibility index (Phi) is 4.70. The summed E-state index contributed by atoms with van der Waals surface area (Å²) in [6, 6.07) is 14.1. The highest BCUT2D eigenvalue weighted by molar-refractivity contribution is 6.04. The zero-order valence-electron chi connectivity index (χ0n) is 14.0. The third-order valence-corrected chi connectivity index (χ3v) is 3.63. The molecular formula is C19H18N4O2. The summed E-state index contributed by atoms with van der Waals surface area (Å²) in [6.45, 7) is 3.64. The Morgan fingerprint density at radius 1 is 0.920 bits per heavy atom. The van der Waals surface area contributed by atoms with Crippen LogP contribution in [0.3, 0.4) is 0 Å². The Labute approximate surface area is 145 Å². The van der Waals surface area contributed by atoms with Gasteiger partial charge in [-0.2, -0.15) is 0 Å². The second kappa shape index (κ2) is 7.09. The minimum atomic E-state index is -0.286. The van der Waals surface area contributed by atoms with E-state index >= 15 is 0 Å². The first-order chi connectivity index (χ1) is 12.0. The van der Waals surface area contributed by atoms with Gasteiger partial charge in [0.25, 0.3) is 5.91 Å². The maximum atomic E-state index is 12.3. The predicted octanol–water partition coefficient (Wildman–Crippen LogP) is 3.48. The highest BCUT2D eigenvalue weighted by Gasteiger charge is 2.10. The molecule has 6 nitrogen and oxygen atoms in total. The molecule has 0 bridgehead atoms. The minimum Gasteiger partial charge on any atom is -0.326 e. The lowest BCUT2D eigenvalue weighted by Crippen LogP contribution is -2.18. The maximum Gasteiger partial charge on any atom is 0.256 e. The summed E-state index contributed by atoms with van der Waals surface area (Å²) in [4.78, 5) is 32.6. The third kappa shape index (κ3) is 3.98. The summed E-state index contributed by atoms with van der Waals surface area (Å²) in [5.74, 6) is -0.0645. The molecule has 126 valence electrons. The molecule has 2 N–H and O–H groups in total. The molecule has 0 fully saturated rings. The number of fused-ring (bicyclic) bond motifs is 1. The normalized spacial score (nSPS) is 10.7. The number of aromatic nitrogens is 2. The summed E-state index contributed by atoms with van der Waals surface area (Å²) in [5.41, 5.74) is 2.61. The Bertz CT molecular complexity index is 920. The van der Waals surface area contributed by atoms with Gasteiger partial charge >= 0.3 is 0 Å². The molecule has 0 saturated carbocycles. The van der Waals surface area contributed by atoms with E-state index in [1.807, 2.05) is 38.1 Å². The summed E-state index contributed by atoms with van der Waals surface area (Å²) in [5, 5.41) is 5.51. The molecule has 0 unspecified atom stereocenters. The van der Waals surface area contributed by atoms with Crippen molar-refractivity contribution in [3.05, 3.63) is 60.3 Å².